The van der Waals surface area contributed by atoms with E-state index in [1.807, 2.05) is 30.3 Å². The quantitative estimate of drug-likeness (QED) is 0.843. The van der Waals surface area contributed by atoms with Crippen molar-refractivity contribution in [2.24, 2.45) is 5.92 Å². The van der Waals surface area contributed by atoms with E-state index in [1.165, 1.54) is 12.8 Å². The van der Waals surface area contributed by atoms with E-state index in [-0.39, 0.29) is 5.91 Å². The summed E-state index contributed by atoms with van der Waals surface area (Å²) in [7, 11) is 0. The lowest BCUT2D eigenvalue weighted by Crippen LogP contribution is -2.38. The molecule has 98 valence electrons. The third-order valence-corrected chi connectivity index (χ3v) is 4.51. The van der Waals surface area contributed by atoms with Crippen LogP contribution in [0, 0.1) is 5.92 Å². The van der Waals surface area contributed by atoms with E-state index in [1.54, 1.807) is 11.8 Å². The Morgan fingerprint density at radius 1 is 1.22 bits per heavy atom. The highest BCUT2D eigenvalue weighted by Gasteiger charge is 2.19. The summed E-state index contributed by atoms with van der Waals surface area (Å²) in [5.74, 6) is 1.52. The predicted octanol–water partition coefficient (Wildman–Crippen LogP) is 3.47. The van der Waals surface area contributed by atoms with Gasteiger partial charge in [0.25, 0.3) is 0 Å². The van der Waals surface area contributed by atoms with Crippen molar-refractivity contribution in [2.45, 2.75) is 43.5 Å². The van der Waals surface area contributed by atoms with Gasteiger partial charge in [-0.15, -0.1) is 11.8 Å². The summed E-state index contributed by atoms with van der Waals surface area (Å²) in [5.41, 5.74) is 0. The Balaban J connectivity index is 1.69. The number of carbonyl (C=O) groups is 1. The minimum atomic E-state index is 0.170. The largest absolute Gasteiger partial charge is 0.353 e. The van der Waals surface area contributed by atoms with Crippen molar-refractivity contribution >= 4 is 17.7 Å². The summed E-state index contributed by atoms with van der Waals surface area (Å²) in [6.45, 7) is 2.29. The third-order valence-electron chi connectivity index (χ3n) is 3.49. The number of nitrogens with one attached hydrogen (secondary N) is 1. The summed E-state index contributed by atoms with van der Waals surface area (Å²) in [5, 5.41) is 3.15. The first kappa shape index (κ1) is 13.5. The molecule has 1 fully saturated rings. The van der Waals surface area contributed by atoms with Gasteiger partial charge in [-0.3, -0.25) is 4.79 Å². The Labute approximate surface area is 114 Å². The monoisotopic (exact) mass is 263 g/mol. The SMILES string of the molecule is CC1CCC(NC(=O)CSc2ccccc2)CC1. The van der Waals surface area contributed by atoms with Gasteiger partial charge in [0.15, 0.2) is 0 Å². The van der Waals surface area contributed by atoms with Crippen LogP contribution in [0.3, 0.4) is 0 Å². The number of rotatable bonds is 4. The molecule has 0 spiro atoms. The highest BCUT2D eigenvalue weighted by Crippen LogP contribution is 2.23. The molecule has 1 aromatic carbocycles. The molecule has 0 saturated heterocycles. The molecule has 2 rings (SSSR count). The van der Waals surface area contributed by atoms with Crippen LogP contribution in [0.25, 0.3) is 0 Å². The zero-order chi connectivity index (χ0) is 12.8. The van der Waals surface area contributed by atoms with Crippen LogP contribution in [0.1, 0.15) is 32.6 Å². The lowest BCUT2D eigenvalue weighted by Gasteiger charge is -2.26. The molecule has 0 bridgehead atoms. The Morgan fingerprint density at radius 2 is 1.89 bits per heavy atom. The fourth-order valence-corrected chi connectivity index (χ4v) is 3.07. The molecule has 1 aliphatic rings. The summed E-state index contributed by atoms with van der Waals surface area (Å²) < 4.78 is 0. The maximum atomic E-state index is 11.8. The minimum absolute atomic E-state index is 0.170. The lowest BCUT2D eigenvalue weighted by molar-refractivity contribution is -0.119. The van der Waals surface area contributed by atoms with Gasteiger partial charge < -0.3 is 5.32 Å². The molecule has 0 aromatic heterocycles. The second kappa shape index (κ2) is 6.83. The molecule has 0 unspecified atom stereocenters. The third kappa shape index (κ3) is 4.37. The van der Waals surface area contributed by atoms with Crippen molar-refractivity contribution in [3.05, 3.63) is 30.3 Å². The zero-order valence-corrected chi connectivity index (χ0v) is 11.7. The second-order valence-corrected chi connectivity index (χ2v) is 6.17. The second-order valence-electron chi connectivity index (χ2n) is 5.13. The molecule has 18 heavy (non-hydrogen) atoms. The van der Waals surface area contributed by atoms with Crippen molar-refractivity contribution < 1.29 is 4.79 Å². The van der Waals surface area contributed by atoms with Crippen molar-refractivity contribution in [2.75, 3.05) is 5.75 Å². The Hall–Kier alpha value is -0.960. The molecule has 0 radical (unpaired) electrons. The maximum absolute atomic E-state index is 11.8. The number of amides is 1. The summed E-state index contributed by atoms with van der Waals surface area (Å²) in [4.78, 5) is 13.0. The smallest absolute Gasteiger partial charge is 0.230 e. The van der Waals surface area contributed by atoms with Gasteiger partial charge in [-0.05, 0) is 43.7 Å². The number of carbonyl (C=O) groups excluding carboxylic acids is 1. The number of hydrogen-bond donors (Lipinski definition) is 1. The van der Waals surface area contributed by atoms with Gasteiger partial charge in [0.1, 0.15) is 0 Å². The highest BCUT2D eigenvalue weighted by atomic mass is 32.2. The van der Waals surface area contributed by atoms with Gasteiger partial charge >= 0.3 is 0 Å². The molecule has 1 aliphatic carbocycles. The number of hydrogen-bond acceptors (Lipinski definition) is 2. The molecule has 1 N–H and O–H groups in total. The van der Waals surface area contributed by atoms with Crippen molar-refractivity contribution in [3.63, 3.8) is 0 Å². The van der Waals surface area contributed by atoms with Crippen LogP contribution in [0.5, 0.6) is 0 Å². The van der Waals surface area contributed by atoms with Gasteiger partial charge in [0.05, 0.1) is 5.75 Å². The first-order valence-electron chi connectivity index (χ1n) is 6.71. The molecular formula is C15H21NOS. The molecule has 3 heteroatoms. The van der Waals surface area contributed by atoms with E-state index < -0.39 is 0 Å². The van der Waals surface area contributed by atoms with Gasteiger partial charge in [0.2, 0.25) is 5.91 Å². The van der Waals surface area contributed by atoms with E-state index in [0.717, 1.165) is 23.7 Å². The maximum Gasteiger partial charge on any atom is 0.230 e. The van der Waals surface area contributed by atoms with Gasteiger partial charge in [-0.25, -0.2) is 0 Å². The Bertz CT molecular complexity index is 371. The summed E-state index contributed by atoms with van der Waals surface area (Å²) >= 11 is 1.61. The molecular weight excluding hydrogens is 242 g/mol. The van der Waals surface area contributed by atoms with Crippen LogP contribution in [-0.2, 0) is 4.79 Å². The van der Waals surface area contributed by atoms with Crippen LogP contribution in [-0.4, -0.2) is 17.7 Å². The standard InChI is InChI=1S/C15H21NOS/c1-12-7-9-13(10-8-12)16-15(17)11-18-14-5-3-2-4-6-14/h2-6,12-13H,7-11H2,1H3,(H,16,17). The Kier molecular flexibility index (Phi) is 5.12. The molecule has 0 atom stereocenters. The van der Waals surface area contributed by atoms with E-state index in [4.69, 9.17) is 0 Å². The molecule has 0 aliphatic heterocycles. The Morgan fingerprint density at radius 3 is 2.56 bits per heavy atom. The lowest BCUT2D eigenvalue weighted by atomic mass is 9.87. The highest BCUT2D eigenvalue weighted by molar-refractivity contribution is 8.00. The van der Waals surface area contributed by atoms with Gasteiger partial charge in [-0.1, -0.05) is 25.1 Å². The van der Waals surface area contributed by atoms with Crippen molar-refractivity contribution in [1.29, 1.82) is 0 Å². The van der Waals surface area contributed by atoms with Crippen LogP contribution in [0.2, 0.25) is 0 Å². The fourth-order valence-electron chi connectivity index (χ4n) is 2.34. The van der Waals surface area contributed by atoms with E-state index in [9.17, 15) is 4.79 Å². The fraction of sp³-hybridized carbons (Fsp3) is 0.533. The van der Waals surface area contributed by atoms with Crippen LogP contribution >= 0.6 is 11.8 Å². The van der Waals surface area contributed by atoms with E-state index in [0.29, 0.717) is 11.8 Å². The average molecular weight is 263 g/mol. The average Bonchev–Trinajstić information content (AvgIpc) is 2.40. The number of thioether (sulfide) groups is 1. The normalized spacial score (nSPS) is 23.6. The number of benzene rings is 1. The minimum Gasteiger partial charge on any atom is -0.353 e. The summed E-state index contributed by atoms with van der Waals surface area (Å²) in [6, 6.07) is 10.5. The first-order chi connectivity index (χ1) is 8.74. The first-order valence-corrected chi connectivity index (χ1v) is 7.70. The van der Waals surface area contributed by atoms with Gasteiger partial charge in [-0.2, -0.15) is 0 Å². The predicted molar refractivity (Wildman–Crippen MR) is 76.7 cm³/mol. The molecule has 2 nitrogen and oxygen atoms in total. The zero-order valence-electron chi connectivity index (χ0n) is 10.9. The molecule has 1 saturated carbocycles. The van der Waals surface area contributed by atoms with E-state index >= 15 is 0 Å². The van der Waals surface area contributed by atoms with Crippen molar-refractivity contribution in [3.8, 4) is 0 Å². The van der Waals surface area contributed by atoms with Gasteiger partial charge in [0, 0.05) is 10.9 Å². The van der Waals surface area contributed by atoms with Crippen LogP contribution < -0.4 is 5.32 Å². The molecule has 0 heterocycles. The van der Waals surface area contributed by atoms with Crippen molar-refractivity contribution in [1.82, 2.24) is 5.32 Å². The molecule has 1 amide bonds. The topological polar surface area (TPSA) is 29.1 Å². The summed E-state index contributed by atoms with van der Waals surface area (Å²) in [6.07, 6.45) is 4.78. The van der Waals surface area contributed by atoms with E-state index in [2.05, 4.69) is 12.2 Å². The van der Waals surface area contributed by atoms with Crippen LogP contribution in [0.15, 0.2) is 35.2 Å². The molecule has 1 aromatic rings. The van der Waals surface area contributed by atoms with Crippen LogP contribution in [0.4, 0.5) is 0 Å².